The van der Waals surface area contributed by atoms with E-state index in [0.29, 0.717) is 6.54 Å². The molecule has 0 radical (unpaired) electrons. The second-order valence-electron chi connectivity index (χ2n) is 4.56. The fourth-order valence-electron chi connectivity index (χ4n) is 1.96. The molecule has 2 rings (SSSR count). The molecule has 0 unspecified atom stereocenters. The van der Waals surface area contributed by atoms with Crippen LogP contribution >= 0.6 is 0 Å². The van der Waals surface area contributed by atoms with E-state index in [1.807, 2.05) is 17.7 Å². The summed E-state index contributed by atoms with van der Waals surface area (Å²) in [4.78, 5) is 4.23. The third-order valence-corrected chi connectivity index (χ3v) is 3.05. The van der Waals surface area contributed by atoms with Gasteiger partial charge in [0, 0.05) is 12.6 Å². The number of aryl methyl sites for hydroxylation is 1. The van der Waals surface area contributed by atoms with E-state index in [2.05, 4.69) is 22.3 Å². The quantitative estimate of drug-likeness (QED) is 0.870. The minimum absolute atomic E-state index is 0.0717. The highest BCUT2D eigenvalue weighted by Gasteiger charge is 2.08. The summed E-state index contributed by atoms with van der Waals surface area (Å²) in [6, 6.07) is 6.71. The summed E-state index contributed by atoms with van der Waals surface area (Å²) in [5, 5.41) is 7.51. The first-order chi connectivity index (χ1) is 9.20. The molecule has 0 bridgehead atoms. The molecule has 4 nitrogen and oxygen atoms in total. The zero-order valence-electron chi connectivity index (χ0n) is 11.3. The van der Waals surface area contributed by atoms with Crippen molar-refractivity contribution < 1.29 is 4.39 Å². The lowest BCUT2D eigenvalue weighted by Crippen LogP contribution is -2.21. The Morgan fingerprint density at radius 3 is 3.00 bits per heavy atom. The minimum Gasteiger partial charge on any atom is -0.303 e. The van der Waals surface area contributed by atoms with E-state index < -0.39 is 0 Å². The first-order valence-electron chi connectivity index (χ1n) is 6.56. The topological polar surface area (TPSA) is 42.7 Å². The van der Waals surface area contributed by atoms with Gasteiger partial charge in [0.2, 0.25) is 0 Å². The van der Waals surface area contributed by atoms with Crippen molar-refractivity contribution in [1.29, 1.82) is 0 Å². The van der Waals surface area contributed by atoms with Gasteiger partial charge in [-0.05, 0) is 31.0 Å². The summed E-state index contributed by atoms with van der Waals surface area (Å²) in [5.41, 5.74) is 0.932. The second kappa shape index (κ2) is 6.43. The van der Waals surface area contributed by atoms with Gasteiger partial charge in [-0.3, -0.25) is 0 Å². The Bertz CT molecular complexity index is 524. The summed E-state index contributed by atoms with van der Waals surface area (Å²) in [6.07, 6.45) is 2.59. The van der Waals surface area contributed by atoms with Gasteiger partial charge in [-0.25, -0.2) is 14.1 Å². The van der Waals surface area contributed by atoms with Gasteiger partial charge in [-0.1, -0.05) is 19.1 Å². The number of nitrogens with zero attached hydrogens (tertiary/aromatic N) is 3. The number of hydrogen-bond donors (Lipinski definition) is 1. The Hall–Kier alpha value is -1.75. The average Bonchev–Trinajstić information content (AvgIpc) is 2.84. The highest BCUT2D eigenvalue weighted by atomic mass is 19.1. The van der Waals surface area contributed by atoms with Crippen molar-refractivity contribution >= 4 is 0 Å². The molecule has 0 aliphatic carbocycles. The standard InChI is InChI=1S/C14H19FN4/c1-3-7-19-14(17-10-18-19)9-16-11(2)12-5-4-6-13(15)8-12/h4-6,8,10-11,16H,3,7,9H2,1-2H3/t11-/m1/s1. The van der Waals surface area contributed by atoms with Gasteiger partial charge in [0.1, 0.15) is 18.0 Å². The molecule has 0 amide bonds. The number of hydrogen-bond acceptors (Lipinski definition) is 3. The van der Waals surface area contributed by atoms with Gasteiger partial charge in [0.15, 0.2) is 0 Å². The van der Waals surface area contributed by atoms with Crippen LogP contribution in [0.1, 0.15) is 37.7 Å². The van der Waals surface area contributed by atoms with Gasteiger partial charge in [-0.15, -0.1) is 0 Å². The SMILES string of the molecule is CCCn1ncnc1CN[C@H](C)c1cccc(F)c1. The summed E-state index contributed by atoms with van der Waals surface area (Å²) in [6.45, 7) is 5.60. The Morgan fingerprint density at radius 1 is 1.42 bits per heavy atom. The molecule has 0 saturated carbocycles. The molecule has 1 heterocycles. The average molecular weight is 262 g/mol. The monoisotopic (exact) mass is 262 g/mol. The Balaban J connectivity index is 1.96. The van der Waals surface area contributed by atoms with Crippen molar-refractivity contribution in [2.45, 2.75) is 39.4 Å². The molecule has 0 aliphatic heterocycles. The molecule has 102 valence electrons. The van der Waals surface area contributed by atoms with Gasteiger partial charge >= 0.3 is 0 Å². The number of halogens is 1. The predicted molar refractivity (Wildman–Crippen MR) is 72.0 cm³/mol. The van der Waals surface area contributed by atoms with Crippen LogP contribution in [0, 0.1) is 5.82 Å². The zero-order chi connectivity index (χ0) is 13.7. The molecular weight excluding hydrogens is 243 g/mol. The van der Waals surface area contributed by atoms with Crippen LogP contribution in [0.15, 0.2) is 30.6 Å². The van der Waals surface area contributed by atoms with Crippen LogP contribution in [0.4, 0.5) is 4.39 Å². The Morgan fingerprint density at radius 2 is 2.26 bits per heavy atom. The molecule has 1 aromatic heterocycles. The van der Waals surface area contributed by atoms with Gasteiger partial charge in [0.25, 0.3) is 0 Å². The van der Waals surface area contributed by atoms with Crippen molar-refractivity contribution in [3.05, 3.63) is 47.8 Å². The van der Waals surface area contributed by atoms with Crippen molar-refractivity contribution in [3.8, 4) is 0 Å². The van der Waals surface area contributed by atoms with Gasteiger partial charge in [-0.2, -0.15) is 5.10 Å². The third-order valence-electron chi connectivity index (χ3n) is 3.05. The molecule has 0 aliphatic rings. The molecule has 5 heteroatoms. The van der Waals surface area contributed by atoms with Crippen LogP contribution in [-0.2, 0) is 13.1 Å². The second-order valence-corrected chi connectivity index (χ2v) is 4.56. The van der Waals surface area contributed by atoms with Crippen LogP contribution in [-0.4, -0.2) is 14.8 Å². The van der Waals surface area contributed by atoms with Crippen LogP contribution < -0.4 is 5.32 Å². The third kappa shape index (κ3) is 3.61. The van der Waals surface area contributed by atoms with E-state index in [1.165, 1.54) is 6.07 Å². The summed E-state index contributed by atoms with van der Waals surface area (Å²) in [5.74, 6) is 0.699. The molecule has 0 spiro atoms. The lowest BCUT2D eigenvalue weighted by atomic mass is 10.1. The van der Waals surface area contributed by atoms with E-state index in [4.69, 9.17) is 0 Å². The summed E-state index contributed by atoms with van der Waals surface area (Å²) < 4.78 is 15.0. The van der Waals surface area contributed by atoms with Crippen LogP contribution in [0.2, 0.25) is 0 Å². The number of nitrogens with one attached hydrogen (secondary N) is 1. The number of rotatable bonds is 6. The molecule has 0 fully saturated rings. The lowest BCUT2D eigenvalue weighted by molar-refractivity contribution is 0.507. The number of aromatic nitrogens is 3. The molecule has 0 saturated heterocycles. The molecule has 19 heavy (non-hydrogen) atoms. The van der Waals surface area contributed by atoms with Gasteiger partial charge in [0.05, 0.1) is 6.54 Å². The number of benzene rings is 1. The fraction of sp³-hybridized carbons (Fsp3) is 0.429. The first-order valence-corrected chi connectivity index (χ1v) is 6.56. The largest absolute Gasteiger partial charge is 0.303 e. The first kappa shape index (κ1) is 13.7. The molecule has 1 aromatic carbocycles. The van der Waals surface area contributed by atoms with E-state index in [0.717, 1.165) is 24.4 Å². The minimum atomic E-state index is -0.208. The maximum Gasteiger partial charge on any atom is 0.140 e. The summed E-state index contributed by atoms with van der Waals surface area (Å²) >= 11 is 0. The van der Waals surface area contributed by atoms with Crippen molar-refractivity contribution in [2.24, 2.45) is 0 Å². The Labute approximate surface area is 112 Å². The van der Waals surface area contributed by atoms with E-state index in [1.54, 1.807) is 18.5 Å². The molecular formula is C14H19FN4. The van der Waals surface area contributed by atoms with E-state index >= 15 is 0 Å². The van der Waals surface area contributed by atoms with E-state index in [-0.39, 0.29) is 11.9 Å². The van der Waals surface area contributed by atoms with Crippen molar-refractivity contribution in [3.63, 3.8) is 0 Å². The highest BCUT2D eigenvalue weighted by Crippen LogP contribution is 2.13. The predicted octanol–water partition coefficient (Wildman–Crippen LogP) is 2.68. The van der Waals surface area contributed by atoms with Crippen LogP contribution in [0.5, 0.6) is 0 Å². The normalized spacial score (nSPS) is 12.6. The molecule has 1 N–H and O–H groups in total. The summed E-state index contributed by atoms with van der Waals surface area (Å²) in [7, 11) is 0. The van der Waals surface area contributed by atoms with Crippen LogP contribution in [0.25, 0.3) is 0 Å². The maximum atomic E-state index is 13.2. The lowest BCUT2D eigenvalue weighted by Gasteiger charge is -2.14. The van der Waals surface area contributed by atoms with Crippen molar-refractivity contribution in [1.82, 2.24) is 20.1 Å². The Kier molecular flexibility index (Phi) is 4.63. The molecule has 1 atom stereocenters. The van der Waals surface area contributed by atoms with Gasteiger partial charge < -0.3 is 5.32 Å². The highest BCUT2D eigenvalue weighted by molar-refractivity contribution is 5.19. The fourth-order valence-corrected chi connectivity index (χ4v) is 1.96. The maximum absolute atomic E-state index is 13.2. The smallest absolute Gasteiger partial charge is 0.140 e. The van der Waals surface area contributed by atoms with Crippen molar-refractivity contribution in [2.75, 3.05) is 0 Å². The zero-order valence-corrected chi connectivity index (χ0v) is 11.3. The van der Waals surface area contributed by atoms with Crippen LogP contribution in [0.3, 0.4) is 0 Å². The molecule has 2 aromatic rings. The van der Waals surface area contributed by atoms with E-state index in [9.17, 15) is 4.39 Å².